The van der Waals surface area contributed by atoms with Crippen molar-refractivity contribution in [1.82, 2.24) is 10.6 Å². The minimum Gasteiger partial charge on any atom is -0.381 e. The molecule has 1 unspecified atom stereocenters. The van der Waals surface area contributed by atoms with Crippen LogP contribution in [-0.2, 0) is 9.53 Å². The number of hydrogen-bond acceptors (Lipinski definition) is 3. The highest BCUT2D eigenvalue weighted by Crippen LogP contribution is 2.23. The summed E-state index contributed by atoms with van der Waals surface area (Å²) in [6.07, 6.45) is 3.29. The molecule has 0 radical (unpaired) electrons. The maximum absolute atomic E-state index is 11.7. The Labute approximate surface area is 84.4 Å². The molecule has 2 N–H and O–H groups in total. The standard InChI is InChI=1S/C10H18N2O2/c1-14-9-4-8(5-9)12-10(13)7-2-3-11-6-7/h7-9,11H,2-6H2,1H3,(H,12,13). The monoisotopic (exact) mass is 198 g/mol. The first-order chi connectivity index (χ1) is 6.79. The van der Waals surface area contributed by atoms with Crippen LogP contribution in [0.3, 0.4) is 0 Å². The second-order valence-electron chi connectivity index (χ2n) is 4.22. The number of ether oxygens (including phenoxy) is 1. The molecule has 1 amide bonds. The third-order valence-electron chi connectivity index (χ3n) is 3.21. The van der Waals surface area contributed by atoms with Crippen LogP contribution in [0.5, 0.6) is 0 Å². The first-order valence-corrected chi connectivity index (χ1v) is 5.33. The summed E-state index contributed by atoms with van der Waals surface area (Å²) in [7, 11) is 1.73. The van der Waals surface area contributed by atoms with E-state index in [0.29, 0.717) is 12.1 Å². The van der Waals surface area contributed by atoms with E-state index in [-0.39, 0.29) is 11.8 Å². The summed E-state index contributed by atoms with van der Waals surface area (Å²) in [5.74, 6) is 0.408. The number of rotatable bonds is 3. The minimum atomic E-state index is 0.191. The molecule has 80 valence electrons. The van der Waals surface area contributed by atoms with E-state index in [0.717, 1.165) is 32.4 Å². The first kappa shape index (κ1) is 9.93. The van der Waals surface area contributed by atoms with Gasteiger partial charge in [-0.1, -0.05) is 0 Å². The van der Waals surface area contributed by atoms with Gasteiger partial charge < -0.3 is 15.4 Å². The number of carbonyl (C=O) groups excluding carboxylic acids is 1. The molecule has 2 rings (SSSR count). The zero-order chi connectivity index (χ0) is 9.97. The van der Waals surface area contributed by atoms with Crippen LogP contribution < -0.4 is 10.6 Å². The summed E-state index contributed by atoms with van der Waals surface area (Å²) in [4.78, 5) is 11.7. The minimum absolute atomic E-state index is 0.191. The van der Waals surface area contributed by atoms with Gasteiger partial charge in [0.05, 0.1) is 12.0 Å². The topological polar surface area (TPSA) is 50.4 Å². The van der Waals surface area contributed by atoms with E-state index in [1.165, 1.54) is 0 Å². The first-order valence-electron chi connectivity index (χ1n) is 5.33. The predicted molar refractivity (Wildman–Crippen MR) is 52.9 cm³/mol. The Bertz CT molecular complexity index is 208. The van der Waals surface area contributed by atoms with Crippen molar-refractivity contribution in [1.29, 1.82) is 0 Å². The zero-order valence-corrected chi connectivity index (χ0v) is 8.58. The fraction of sp³-hybridized carbons (Fsp3) is 0.900. The van der Waals surface area contributed by atoms with E-state index >= 15 is 0 Å². The average molecular weight is 198 g/mol. The summed E-state index contributed by atoms with van der Waals surface area (Å²) < 4.78 is 5.16. The fourth-order valence-electron chi connectivity index (χ4n) is 2.07. The van der Waals surface area contributed by atoms with Gasteiger partial charge in [-0.25, -0.2) is 0 Å². The van der Waals surface area contributed by atoms with E-state index in [2.05, 4.69) is 10.6 Å². The van der Waals surface area contributed by atoms with Crippen molar-refractivity contribution in [3.8, 4) is 0 Å². The molecule has 0 aromatic carbocycles. The Morgan fingerprint density at radius 3 is 2.86 bits per heavy atom. The predicted octanol–water partition coefficient (Wildman–Crippen LogP) is -0.111. The molecule has 0 spiro atoms. The summed E-state index contributed by atoms with van der Waals surface area (Å²) in [5.41, 5.74) is 0. The molecule has 1 saturated heterocycles. The lowest BCUT2D eigenvalue weighted by Crippen LogP contribution is -2.49. The second kappa shape index (κ2) is 4.28. The van der Waals surface area contributed by atoms with E-state index in [9.17, 15) is 4.79 Å². The molecule has 1 heterocycles. The number of nitrogens with one attached hydrogen (secondary N) is 2. The average Bonchev–Trinajstić information content (AvgIpc) is 2.62. The summed E-state index contributed by atoms with van der Waals surface area (Å²) in [6, 6.07) is 0.355. The molecule has 1 atom stereocenters. The molecular weight excluding hydrogens is 180 g/mol. The van der Waals surface area contributed by atoms with Gasteiger partial charge in [-0.15, -0.1) is 0 Å². The van der Waals surface area contributed by atoms with Crippen LogP contribution in [-0.4, -0.2) is 38.3 Å². The molecule has 0 bridgehead atoms. The Morgan fingerprint density at radius 1 is 1.50 bits per heavy atom. The van der Waals surface area contributed by atoms with Gasteiger partial charge in [0.25, 0.3) is 0 Å². The van der Waals surface area contributed by atoms with Crippen LogP contribution in [0.25, 0.3) is 0 Å². The Morgan fingerprint density at radius 2 is 2.29 bits per heavy atom. The molecule has 0 aromatic heterocycles. The van der Waals surface area contributed by atoms with Gasteiger partial charge in [0.1, 0.15) is 0 Å². The highest BCUT2D eigenvalue weighted by molar-refractivity contribution is 5.79. The molecule has 4 nitrogen and oxygen atoms in total. The summed E-state index contributed by atoms with van der Waals surface area (Å²) in [5, 5.41) is 6.26. The zero-order valence-electron chi connectivity index (χ0n) is 8.58. The Kier molecular flexibility index (Phi) is 3.03. The van der Waals surface area contributed by atoms with Gasteiger partial charge in [-0.2, -0.15) is 0 Å². The number of carbonyl (C=O) groups is 1. The van der Waals surface area contributed by atoms with Crippen molar-refractivity contribution < 1.29 is 9.53 Å². The maximum atomic E-state index is 11.7. The van der Waals surface area contributed by atoms with Crippen LogP contribution in [0.4, 0.5) is 0 Å². The van der Waals surface area contributed by atoms with Gasteiger partial charge >= 0.3 is 0 Å². The van der Waals surface area contributed by atoms with Gasteiger partial charge in [0.15, 0.2) is 0 Å². The van der Waals surface area contributed by atoms with E-state index in [1.54, 1.807) is 7.11 Å². The number of hydrogen-bond donors (Lipinski definition) is 2. The van der Waals surface area contributed by atoms with Crippen molar-refractivity contribution in [2.24, 2.45) is 5.92 Å². The maximum Gasteiger partial charge on any atom is 0.224 e. The summed E-state index contributed by atoms with van der Waals surface area (Å²) >= 11 is 0. The van der Waals surface area contributed by atoms with E-state index in [1.807, 2.05) is 0 Å². The third-order valence-corrected chi connectivity index (χ3v) is 3.21. The smallest absolute Gasteiger partial charge is 0.224 e. The quantitative estimate of drug-likeness (QED) is 0.665. The van der Waals surface area contributed by atoms with Gasteiger partial charge in [0.2, 0.25) is 5.91 Å². The normalized spacial score (nSPS) is 36.5. The molecule has 14 heavy (non-hydrogen) atoms. The van der Waals surface area contributed by atoms with Crippen molar-refractivity contribution in [2.45, 2.75) is 31.4 Å². The molecular formula is C10H18N2O2. The molecule has 4 heteroatoms. The SMILES string of the molecule is COC1CC(NC(=O)C2CCNC2)C1. The molecule has 2 aliphatic rings. The number of methoxy groups -OCH3 is 1. The van der Waals surface area contributed by atoms with E-state index in [4.69, 9.17) is 4.74 Å². The molecule has 2 fully saturated rings. The second-order valence-corrected chi connectivity index (χ2v) is 4.22. The van der Waals surface area contributed by atoms with Gasteiger partial charge in [-0.05, 0) is 25.8 Å². The molecule has 0 aromatic rings. The largest absolute Gasteiger partial charge is 0.381 e. The van der Waals surface area contributed by atoms with Gasteiger partial charge in [-0.3, -0.25) is 4.79 Å². The highest BCUT2D eigenvalue weighted by atomic mass is 16.5. The lowest BCUT2D eigenvalue weighted by Gasteiger charge is -2.35. The van der Waals surface area contributed by atoms with Crippen molar-refractivity contribution in [2.75, 3.05) is 20.2 Å². The van der Waals surface area contributed by atoms with Crippen LogP contribution >= 0.6 is 0 Å². The van der Waals surface area contributed by atoms with Crippen LogP contribution in [0.1, 0.15) is 19.3 Å². The van der Waals surface area contributed by atoms with Crippen LogP contribution in [0, 0.1) is 5.92 Å². The fourth-order valence-corrected chi connectivity index (χ4v) is 2.07. The third kappa shape index (κ3) is 2.07. The Hall–Kier alpha value is -0.610. The molecule has 1 aliphatic carbocycles. The number of amides is 1. The van der Waals surface area contributed by atoms with Gasteiger partial charge in [0, 0.05) is 19.7 Å². The Balaban J connectivity index is 1.68. The van der Waals surface area contributed by atoms with Crippen molar-refractivity contribution in [3.63, 3.8) is 0 Å². The van der Waals surface area contributed by atoms with Crippen molar-refractivity contribution >= 4 is 5.91 Å². The lowest BCUT2D eigenvalue weighted by molar-refractivity contribution is -0.126. The molecule has 1 aliphatic heterocycles. The highest BCUT2D eigenvalue weighted by Gasteiger charge is 2.32. The van der Waals surface area contributed by atoms with Crippen molar-refractivity contribution in [3.05, 3.63) is 0 Å². The molecule has 1 saturated carbocycles. The van der Waals surface area contributed by atoms with E-state index < -0.39 is 0 Å². The van der Waals surface area contributed by atoms with Crippen LogP contribution in [0.15, 0.2) is 0 Å². The van der Waals surface area contributed by atoms with Crippen LogP contribution in [0.2, 0.25) is 0 Å². The lowest BCUT2D eigenvalue weighted by atomic mass is 9.88. The summed E-state index contributed by atoms with van der Waals surface area (Å²) in [6.45, 7) is 1.82.